The second kappa shape index (κ2) is 6.69. The Hall–Kier alpha value is -0.920. The van der Waals surface area contributed by atoms with Gasteiger partial charge in [-0.15, -0.1) is 0 Å². The van der Waals surface area contributed by atoms with Crippen LogP contribution in [-0.2, 0) is 14.9 Å². The Balaban J connectivity index is 0.00000200. The molecule has 1 aliphatic carbocycles. The third-order valence-corrected chi connectivity index (χ3v) is 3.80. The summed E-state index contributed by atoms with van der Waals surface area (Å²) in [4.78, 5) is 9.76. The number of carbonyl (C=O) groups excluding carboxylic acids is 1. The van der Waals surface area contributed by atoms with Crippen LogP contribution in [0.3, 0.4) is 0 Å². The van der Waals surface area contributed by atoms with Crippen molar-refractivity contribution in [3.63, 3.8) is 0 Å². The molecule has 1 N–H and O–H groups in total. The van der Waals surface area contributed by atoms with Crippen LogP contribution in [-0.4, -0.2) is 23.9 Å². The number of ether oxygens (including phenoxy) is 1. The second-order valence-corrected chi connectivity index (χ2v) is 5.58. The first-order chi connectivity index (χ1) is 8.95. The van der Waals surface area contributed by atoms with Crippen LogP contribution >= 0.6 is 0 Å². The number of hydrogen-bond acceptors (Lipinski definition) is 4. The summed E-state index contributed by atoms with van der Waals surface area (Å²) in [6.07, 6.45) is 5.84. The molecule has 0 fully saturated rings. The van der Waals surface area contributed by atoms with Gasteiger partial charge in [-0.25, -0.2) is 4.79 Å². The van der Waals surface area contributed by atoms with Crippen LogP contribution in [0.1, 0.15) is 18.2 Å². The molecule has 0 heterocycles. The Morgan fingerprint density at radius 1 is 1.20 bits per heavy atom. The molecule has 0 unspecified atom stereocenters. The van der Waals surface area contributed by atoms with Gasteiger partial charge >= 0.3 is 45.6 Å². The molecule has 102 valence electrons. The first-order valence-electron chi connectivity index (χ1n) is 5.55. The fraction of sp³-hybridized carbons (Fsp3) is 0.154. The third kappa shape index (κ3) is 3.59. The fourth-order valence-corrected chi connectivity index (χ4v) is 2.39. The van der Waals surface area contributed by atoms with E-state index in [9.17, 15) is 17.8 Å². The Labute approximate surface area is 140 Å². The molecule has 1 aromatic carbocycles. The smallest absolute Gasteiger partial charge is 1.00 e. The quantitative estimate of drug-likeness (QED) is 0.337. The molecule has 20 heavy (non-hydrogen) atoms. The summed E-state index contributed by atoms with van der Waals surface area (Å²) in [7, 11) is -4.61. The van der Waals surface area contributed by atoms with Crippen molar-refractivity contribution in [1.29, 1.82) is 0 Å². The van der Waals surface area contributed by atoms with E-state index in [4.69, 9.17) is 4.74 Å². The van der Waals surface area contributed by atoms with Gasteiger partial charge in [0.15, 0.2) is 0 Å². The summed E-state index contributed by atoms with van der Waals surface area (Å²) in [6.45, 7) is 0. The Bertz CT molecular complexity index is 628. The minimum absolute atomic E-state index is 0. The van der Waals surface area contributed by atoms with Crippen molar-refractivity contribution >= 4 is 16.1 Å². The molecule has 2 rings (SSSR count). The van der Waals surface area contributed by atoms with E-state index in [2.05, 4.69) is 0 Å². The summed E-state index contributed by atoms with van der Waals surface area (Å²) in [5, 5.41) is 0. The van der Waals surface area contributed by atoms with Crippen molar-refractivity contribution in [3.05, 3.63) is 60.2 Å². The Morgan fingerprint density at radius 3 is 2.25 bits per heavy atom. The van der Waals surface area contributed by atoms with Gasteiger partial charge in [-0.3, -0.25) is 4.55 Å². The van der Waals surface area contributed by atoms with Gasteiger partial charge in [-0.1, -0.05) is 30.4 Å². The number of carbonyl (C=O) groups is 1. The van der Waals surface area contributed by atoms with Crippen LogP contribution in [0, 0.1) is 0 Å². The molecular formula is C13H13NaO5S. The van der Waals surface area contributed by atoms with Crippen LogP contribution in [0.2, 0.25) is 0 Å². The minimum atomic E-state index is -4.61. The fourth-order valence-electron chi connectivity index (χ4n) is 1.67. The van der Waals surface area contributed by atoms with Crippen LogP contribution < -0.4 is 29.6 Å². The number of rotatable bonds is 3. The van der Waals surface area contributed by atoms with Gasteiger partial charge in [0, 0.05) is 0 Å². The Morgan fingerprint density at radius 2 is 1.75 bits per heavy atom. The van der Waals surface area contributed by atoms with Crippen LogP contribution in [0.25, 0.3) is 0 Å². The standard InChI is InChI=1S/C13H12O5S.Na.H/c14-12(11-7-3-1-4-8-11)18-13(19(15,16)17)9-5-2-6-10-13;;/h1,3-10H,2H2,(H,15,16,17);;/q;+1;-1. The van der Waals surface area contributed by atoms with E-state index in [0.29, 0.717) is 6.42 Å². The maximum Gasteiger partial charge on any atom is 1.00 e. The van der Waals surface area contributed by atoms with E-state index in [-0.39, 0.29) is 36.5 Å². The molecule has 0 saturated carbocycles. The summed E-state index contributed by atoms with van der Waals surface area (Å²) >= 11 is 0. The SMILES string of the molecule is O=C(OC1(S(=O)(=O)O)C=CCC=C1)c1ccccc1.[H-].[Na+]. The first-order valence-corrected chi connectivity index (χ1v) is 6.99. The molecule has 0 bridgehead atoms. The molecule has 0 spiro atoms. The van der Waals surface area contributed by atoms with Crippen molar-refractivity contribution in [3.8, 4) is 0 Å². The topological polar surface area (TPSA) is 80.7 Å². The molecule has 5 nitrogen and oxygen atoms in total. The third-order valence-electron chi connectivity index (χ3n) is 2.64. The molecule has 0 atom stereocenters. The van der Waals surface area contributed by atoms with Crippen LogP contribution in [0.4, 0.5) is 0 Å². The van der Waals surface area contributed by atoms with Crippen molar-refractivity contribution in [1.82, 2.24) is 0 Å². The van der Waals surface area contributed by atoms with Crippen LogP contribution in [0.5, 0.6) is 0 Å². The van der Waals surface area contributed by atoms with Crippen molar-refractivity contribution in [2.45, 2.75) is 11.4 Å². The van der Waals surface area contributed by atoms with Crippen molar-refractivity contribution < 1.29 is 53.5 Å². The van der Waals surface area contributed by atoms with Gasteiger partial charge in [0.1, 0.15) is 0 Å². The van der Waals surface area contributed by atoms with Crippen molar-refractivity contribution in [2.75, 3.05) is 0 Å². The van der Waals surface area contributed by atoms with Crippen LogP contribution in [0.15, 0.2) is 54.6 Å². The average molecular weight is 304 g/mol. The molecule has 0 aliphatic heterocycles. The van der Waals surface area contributed by atoms with E-state index in [0.717, 1.165) is 12.2 Å². The number of hydrogen-bond donors (Lipinski definition) is 1. The minimum Gasteiger partial charge on any atom is -1.00 e. The normalized spacial score (nSPS) is 16.2. The maximum atomic E-state index is 11.9. The predicted octanol–water partition coefficient (Wildman–Crippen LogP) is -0.940. The van der Waals surface area contributed by atoms with Gasteiger partial charge < -0.3 is 6.16 Å². The average Bonchev–Trinajstić information content (AvgIpc) is 2.39. The summed E-state index contributed by atoms with van der Waals surface area (Å²) in [5.41, 5.74) is 0.206. The zero-order valence-electron chi connectivity index (χ0n) is 11.9. The van der Waals surface area contributed by atoms with Gasteiger partial charge in [-0.2, -0.15) is 8.42 Å². The summed E-state index contributed by atoms with van der Waals surface area (Å²) in [6, 6.07) is 7.97. The molecule has 0 radical (unpaired) electrons. The first kappa shape index (κ1) is 17.1. The molecular weight excluding hydrogens is 291 g/mol. The number of allylic oxidation sites excluding steroid dienone is 2. The van der Waals surface area contributed by atoms with E-state index in [1.807, 2.05) is 0 Å². The molecule has 1 aromatic rings. The van der Waals surface area contributed by atoms with Gasteiger partial charge in [0.25, 0.3) is 4.93 Å². The molecule has 0 saturated heterocycles. The van der Waals surface area contributed by atoms with Gasteiger partial charge in [-0.05, 0) is 30.7 Å². The monoisotopic (exact) mass is 304 g/mol. The largest absolute Gasteiger partial charge is 1.00 e. The maximum absolute atomic E-state index is 11.9. The van der Waals surface area contributed by atoms with E-state index >= 15 is 0 Å². The number of esters is 1. The molecule has 1 aliphatic rings. The second-order valence-electron chi connectivity index (χ2n) is 3.99. The zero-order valence-corrected chi connectivity index (χ0v) is 13.7. The molecule has 0 aromatic heterocycles. The van der Waals surface area contributed by atoms with Gasteiger partial charge in [0.2, 0.25) is 0 Å². The van der Waals surface area contributed by atoms with Gasteiger partial charge in [0.05, 0.1) is 5.56 Å². The zero-order chi connectivity index (χ0) is 13.9. The molecule has 0 amide bonds. The van der Waals surface area contributed by atoms with E-state index < -0.39 is 21.0 Å². The van der Waals surface area contributed by atoms with E-state index in [1.165, 1.54) is 24.3 Å². The summed E-state index contributed by atoms with van der Waals surface area (Å²) in [5.74, 6) is -0.825. The number of benzene rings is 1. The Kier molecular flexibility index (Phi) is 5.73. The van der Waals surface area contributed by atoms with E-state index in [1.54, 1.807) is 18.2 Å². The molecule has 7 heteroatoms. The summed E-state index contributed by atoms with van der Waals surface area (Å²) < 4.78 is 37.2. The van der Waals surface area contributed by atoms with Crippen molar-refractivity contribution in [2.24, 2.45) is 0 Å². The predicted molar refractivity (Wildman–Crippen MR) is 70.1 cm³/mol.